The largest absolute Gasteiger partial charge is 0.423 e. The van der Waals surface area contributed by atoms with E-state index in [0.717, 1.165) is 46.2 Å². The average molecular weight is 386 g/mol. The molecule has 0 aromatic heterocycles. The second kappa shape index (κ2) is 7.30. The number of carbonyl (C=O) groups is 1. The van der Waals surface area contributed by atoms with E-state index in [4.69, 9.17) is 4.74 Å². The minimum atomic E-state index is -4.44. The van der Waals surface area contributed by atoms with E-state index in [-0.39, 0.29) is 5.56 Å². The summed E-state index contributed by atoms with van der Waals surface area (Å²) in [7, 11) is 0. The van der Waals surface area contributed by atoms with Gasteiger partial charge in [0.05, 0.1) is 11.1 Å². The third kappa shape index (κ3) is 3.88. The molecule has 0 aliphatic rings. The maximum atomic E-state index is 12.7. The molecule has 146 valence electrons. The number of hydrogen-bond acceptors (Lipinski definition) is 2. The third-order valence-corrected chi connectivity index (χ3v) is 4.84. The van der Waals surface area contributed by atoms with Crippen LogP contribution < -0.4 is 4.74 Å². The Balaban J connectivity index is 1.95. The number of rotatable bonds is 3. The van der Waals surface area contributed by atoms with Crippen LogP contribution in [-0.2, 0) is 6.18 Å². The molecule has 3 aromatic rings. The first-order valence-electron chi connectivity index (χ1n) is 9.01. The molecule has 0 unspecified atom stereocenters. The van der Waals surface area contributed by atoms with Crippen LogP contribution in [-0.4, -0.2) is 5.97 Å². The molecule has 0 saturated heterocycles. The minimum Gasteiger partial charge on any atom is -0.423 e. The van der Waals surface area contributed by atoms with E-state index in [9.17, 15) is 18.0 Å². The Bertz CT molecular complexity index is 1030. The van der Waals surface area contributed by atoms with Crippen LogP contribution in [0.15, 0.2) is 48.5 Å². The Morgan fingerprint density at radius 3 is 2.11 bits per heavy atom. The van der Waals surface area contributed by atoms with Gasteiger partial charge < -0.3 is 4.74 Å². The van der Waals surface area contributed by atoms with Crippen molar-refractivity contribution in [1.29, 1.82) is 0 Å². The molecule has 0 atom stereocenters. The molecule has 0 amide bonds. The molecule has 0 N–H and O–H groups in total. The van der Waals surface area contributed by atoms with Gasteiger partial charge in [0.25, 0.3) is 0 Å². The predicted octanol–water partition coefficient (Wildman–Crippen LogP) is 6.82. The van der Waals surface area contributed by atoms with E-state index in [2.05, 4.69) is 19.9 Å². The molecule has 0 heterocycles. The van der Waals surface area contributed by atoms with E-state index in [1.807, 2.05) is 32.0 Å². The van der Waals surface area contributed by atoms with Gasteiger partial charge in [-0.1, -0.05) is 26.0 Å². The van der Waals surface area contributed by atoms with Gasteiger partial charge in [-0.15, -0.1) is 0 Å². The summed E-state index contributed by atoms with van der Waals surface area (Å²) in [5, 5.41) is 2.11. The SMILES string of the molecule is Cc1cc2c(C(C)C)ccc(C)c2cc1OC(=O)c1ccc(C(F)(F)F)cc1. The average Bonchev–Trinajstić information content (AvgIpc) is 2.62. The summed E-state index contributed by atoms with van der Waals surface area (Å²) in [6.07, 6.45) is -4.44. The molecule has 2 nitrogen and oxygen atoms in total. The second-order valence-corrected chi connectivity index (χ2v) is 7.25. The van der Waals surface area contributed by atoms with Crippen molar-refractivity contribution in [1.82, 2.24) is 0 Å². The monoisotopic (exact) mass is 386 g/mol. The van der Waals surface area contributed by atoms with E-state index in [0.29, 0.717) is 11.7 Å². The molecule has 0 spiro atoms. The molecular weight excluding hydrogens is 365 g/mol. The number of hydrogen-bond donors (Lipinski definition) is 0. The van der Waals surface area contributed by atoms with Crippen molar-refractivity contribution < 1.29 is 22.7 Å². The number of alkyl halides is 3. The molecular formula is C23H21F3O2. The van der Waals surface area contributed by atoms with Crippen molar-refractivity contribution in [3.05, 3.63) is 76.3 Å². The first kappa shape index (κ1) is 19.9. The van der Waals surface area contributed by atoms with Crippen LogP contribution in [0.2, 0.25) is 0 Å². The van der Waals surface area contributed by atoms with Crippen LogP contribution >= 0.6 is 0 Å². The fourth-order valence-corrected chi connectivity index (χ4v) is 3.21. The highest BCUT2D eigenvalue weighted by molar-refractivity contribution is 5.94. The highest BCUT2D eigenvalue weighted by Gasteiger charge is 2.30. The first-order valence-corrected chi connectivity index (χ1v) is 9.01. The van der Waals surface area contributed by atoms with Gasteiger partial charge in [-0.25, -0.2) is 4.79 Å². The second-order valence-electron chi connectivity index (χ2n) is 7.25. The van der Waals surface area contributed by atoms with E-state index in [1.165, 1.54) is 5.56 Å². The highest BCUT2D eigenvalue weighted by atomic mass is 19.4. The number of aryl methyl sites for hydroxylation is 2. The summed E-state index contributed by atoms with van der Waals surface area (Å²) in [6.45, 7) is 8.08. The summed E-state index contributed by atoms with van der Waals surface area (Å²) in [5.41, 5.74) is 2.33. The molecule has 3 aromatic carbocycles. The molecule has 3 rings (SSSR count). The lowest BCUT2D eigenvalue weighted by Gasteiger charge is -2.15. The molecule has 0 aliphatic heterocycles. The third-order valence-electron chi connectivity index (χ3n) is 4.84. The number of esters is 1. The van der Waals surface area contributed by atoms with Gasteiger partial charge in [0.2, 0.25) is 0 Å². The lowest BCUT2D eigenvalue weighted by Crippen LogP contribution is -2.11. The zero-order valence-electron chi connectivity index (χ0n) is 16.1. The molecule has 0 bridgehead atoms. The first-order chi connectivity index (χ1) is 13.1. The number of ether oxygens (including phenoxy) is 1. The smallest absolute Gasteiger partial charge is 0.416 e. The van der Waals surface area contributed by atoms with Gasteiger partial charge in [-0.2, -0.15) is 13.2 Å². The Kier molecular flexibility index (Phi) is 5.20. The van der Waals surface area contributed by atoms with Gasteiger partial charge in [-0.05, 0) is 83.6 Å². The van der Waals surface area contributed by atoms with Gasteiger partial charge in [0.1, 0.15) is 5.75 Å². The molecule has 5 heteroatoms. The zero-order chi connectivity index (χ0) is 20.6. The molecule has 28 heavy (non-hydrogen) atoms. The van der Waals surface area contributed by atoms with Crippen LogP contribution in [0.4, 0.5) is 13.2 Å². The topological polar surface area (TPSA) is 26.3 Å². The maximum absolute atomic E-state index is 12.7. The van der Waals surface area contributed by atoms with Crippen LogP contribution in [0.1, 0.15) is 52.4 Å². The van der Waals surface area contributed by atoms with E-state index >= 15 is 0 Å². The summed E-state index contributed by atoms with van der Waals surface area (Å²) in [4.78, 5) is 12.4. The number of benzene rings is 3. The summed E-state index contributed by atoms with van der Waals surface area (Å²) >= 11 is 0. The Labute approximate surface area is 161 Å². The normalized spacial score (nSPS) is 11.9. The number of fused-ring (bicyclic) bond motifs is 1. The van der Waals surface area contributed by atoms with Crippen molar-refractivity contribution in [2.24, 2.45) is 0 Å². The number of carbonyl (C=O) groups excluding carboxylic acids is 1. The lowest BCUT2D eigenvalue weighted by atomic mass is 9.92. The summed E-state index contributed by atoms with van der Waals surface area (Å²) < 4.78 is 43.5. The van der Waals surface area contributed by atoms with Gasteiger partial charge >= 0.3 is 12.1 Å². The summed E-state index contributed by atoms with van der Waals surface area (Å²) in [5.74, 6) is 0.0679. The van der Waals surface area contributed by atoms with Crippen LogP contribution in [0.25, 0.3) is 10.8 Å². The highest BCUT2D eigenvalue weighted by Crippen LogP contribution is 2.34. The van der Waals surface area contributed by atoms with E-state index < -0.39 is 17.7 Å². The minimum absolute atomic E-state index is 0.0696. The van der Waals surface area contributed by atoms with Crippen molar-refractivity contribution >= 4 is 16.7 Å². The number of halogens is 3. The van der Waals surface area contributed by atoms with Crippen molar-refractivity contribution in [2.45, 2.75) is 39.8 Å². The van der Waals surface area contributed by atoms with Crippen molar-refractivity contribution in [2.75, 3.05) is 0 Å². The quantitative estimate of drug-likeness (QED) is 0.365. The Morgan fingerprint density at radius 2 is 1.54 bits per heavy atom. The maximum Gasteiger partial charge on any atom is 0.416 e. The lowest BCUT2D eigenvalue weighted by molar-refractivity contribution is -0.137. The van der Waals surface area contributed by atoms with Gasteiger partial charge in [0.15, 0.2) is 0 Å². The predicted molar refractivity (Wildman–Crippen MR) is 104 cm³/mol. The zero-order valence-corrected chi connectivity index (χ0v) is 16.1. The molecule has 0 fully saturated rings. The van der Waals surface area contributed by atoms with Crippen LogP contribution in [0.5, 0.6) is 5.75 Å². The molecule has 0 saturated carbocycles. The molecule has 0 aliphatic carbocycles. The standard InChI is InChI=1S/C23H21F3O2/c1-13(2)18-10-5-14(3)19-12-21(15(4)11-20(18)19)28-22(27)16-6-8-17(9-7-16)23(24,25)26/h5-13H,1-4H3. The Hall–Kier alpha value is -2.82. The summed E-state index contributed by atoms with van der Waals surface area (Å²) in [6, 6.07) is 12.0. The van der Waals surface area contributed by atoms with Gasteiger partial charge in [-0.3, -0.25) is 0 Å². The van der Waals surface area contributed by atoms with Crippen LogP contribution in [0.3, 0.4) is 0 Å². The fraction of sp³-hybridized carbons (Fsp3) is 0.261. The molecule has 0 radical (unpaired) electrons. The fourth-order valence-electron chi connectivity index (χ4n) is 3.21. The Morgan fingerprint density at radius 1 is 0.893 bits per heavy atom. The van der Waals surface area contributed by atoms with Gasteiger partial charge in [0, 0.05) is 0 Å². The van der Waals surface area contributed by atoms with Crippen molar-refractivity contribution in [3.8, 4) is 5.75 Å². The van der Waals surface area contributed by atoms with Crippen LogP contribution in [0, 0.1) is 13.8 Å². The van der Waals surface area contributed by atoms with E-state index in [1.54, 1.807) is 0 Å². The van der Waals surface area contributed by atoms with Crippen molar-refractivity contribution in [3.63, 3.8) is 0 Å².